The molecule has 7 aromatic heterocycles. The number of nitrogens with zero attached hydrogens (tertiary/aromatic N) is 8. The Hall–Kier alpha value is -7.84. The summed E-state index contributed by atoms with van der Waals surface area (Å²) in [7, 11) is 0. The van der Waals surface area contributed by atoms with Crippen molar-refractivity contribution in [2.75, 3.05) is 0 Å². The molecule has 0 radical (unpaired) electrons. The Kier molecular flexibility index (Phi) is 5.72. The molecule has 12 aromatic rings. The van der Waals surface area contributed by atoms with Crippen LogP contribution in [0.4, 0.5) is 0 Å². The van der Waals surface area contributed by atoms with Gasteiger partial charge >= 0.3 is 0 Å². The van der Waals surface area contributed by atoms with E-state index in [0.29, 0.717) is 0 Å². The lowest BCUT2D eigenvalue weighted by atomic mass is 9.82. The van der Waals surface area contributed by atoms with E-state index >= 15 is 0 Å². The van der Waals surface area contributed by atoms with Crippen molar-refractivity contribution >= 4 is 93.2 Å². The van der Waals surface area contributed by atoms with E-state index in [9.17, 15) is 0 Å². The summed E-state index contributed by atoms with van der Waals surface area (Å²) in [5.74, 6) is 0.0786. The van der Waals surface area contributed by atoms with Crippen LogP contribution in [-0.4, -0.2) is 39.4 Å². The first kappa shape index (κ1) is 30.4. The zero-order valence-corrected chi connectivity index (χ0v) is 30.8. The number of para-hydroxylation sites is 2. The summed E-state index contributed by atoms with van der Waals surface area (Å²) in [5.41, 5.74) is 15.3. The van der Waals surface area contributed by atoms with E-state index in [1.54, 1.807) is 0 Å². The molecule has 8 heterocycles. The molecule has 0 bridgehead atoms. The van der Waals surface area contributed by atoms with Gasteiger partial charge in [-0.1, -0.05) is 54.6 Å². The van der Waals surface area contributed by atoms with Gasteiger partial charge < -0.3 is 0 Å². The van der Waals surface area contributed by atoms with Gasteiger partial charge in [0.15, 0.2) is 0 Å². The zero-order chi connectivity index (χ0) is 37.6. The Morgan fingerprint density at radius 3 is 1.86 bits per heavy atom. The summed E-state index contributed by atoms with van der Waals surface area (Å²) >= 11 is 0. The van der Waals surface area contributed by atoms with Crippen molar-refractivity contribution in [2.24, 2.45) is 4.99 Å². The predicted molar refractivity (Wildman–Crippen MR) is 234 cm³/mol. The third kappa shape index (κ3) is 3.79. The van der Waals surface area contributed by atoms with Crippen LogP contribution in [0.3, 0.4) is 0 Å². The number of pyridine rings is 5. The molecule has 8 nitrogen and oxygen atoms in total. The number of allylic oxidation sites excluding steroid dienone is 1. The minimum absolute atomic E-state index is 0.0786. The molecule has 0 amide bonds. The van der Waals surface area contributed by atoms with Gasteiger partial charge in [0, 0.05) is 68.6 Å². The lowest BCUT2D eigenvalue weighted by Crippen LogP contribution is -2.24. The maximum Gasteiger partial charge on any atom is 0.146 e. The molecule has 0 fully saturated rings. The van der Waals surface area contributed by atoms with Crippen molar-refractivity contribution in [3.8, 4) is 22.4 Å². The highest BCUT2D eigenvalue weighted by molar-refractivity contribution is 6.25. The van der Waals surface area contributed by atoms with E-state index in [1.807, 2.05) is 43.0 Å². The average molecular weight is 741 g/mol. The largest absolute Gasteiger partial charge is 0.295 e. The summed E-state index contributed by atoms with van der Waals surface area (Å²) in [6.07, 6.45) is 10.5. The predicted octanol–water partition coefficient (Wildman–Crippen LogP) is 11.4. The maximum atomic E-state index is 5.45. The Morgan fingerprint density at radius 1 is 0.483 bits per heavy atom. The van der Waals surface area contributed by atoms with Crippen molar-refractivity contribution < 1.29 is 0 Å². The zero-order valence-electron chi connectivity index (χ0n) is 30.8. The summed E-state index contributed by atoms with van der Waals surface area (Å²) in [4.78, 5) is 30.1. The van der Waals surface area contributed by atoms with E-state index in [-0.39, 0.29) is 5.92 Å². The number of aliphatic imine (C=N–C) groups is 1. The number of rotatable bonds is 1. The lowest BCUT2D eigenvalue weighted by molar-refractivity contribution is 0.835. The van der Waals surface area contributed by atoms with E-state index in [2.05, 4.69) is 118 Å². The van der Waals surface area contributed by atoms with Crippen LogP contribution < -0.4 is 0 Å². The molecule has 1 atom stereocenters. The average Bonchev–Trinajstić information content (AvgIpc) is 3.91. The van der Waals surface area contributed by atoms with Crippen molar-refractivity contribution in [1.82, 2.24) is 33.7 Å². The maximum absolute atomic E-state index is 5.45. The molecule has 14 rings (SSSR count). The molecule has 1 aliphatic carbocycles. The number of fused-ring (bicyclic) bond motifs is 26. The highest BCUT2D eigenvalue weighted by Crippen LogP contribution is 2.46. The molecular weight excluding hydrogens is 713 g/mol. The van der Waals surface area contributed by atoms with Gasteiger partial charge in [0.05, 0.1) is 55.9 Å². The van der Waals surface area contributed by atoms with Crippen LogP contribution in [0, 0.1) is 0 Å². The van der Waals surface area contributed by atoms with Crippen molar-refractivity contribution in [2.45, 2.75) is 12.3 Å². The topological polar surface area (TPSA) is 85.6 Å². The quantitative estimate of drug-likeness (QED) is 0.156. The Labute approximate surface area is 329 Å². The SMILES string of the molecule is C1=CN=C2c3ncccc3-c3nc4c5ccc(-c6ccc7c(c6)c6ccccc6n6c7nc7c8cccnc8c8ncccc8c76)cc5c5ccccc5n4c3C2C1. The lowest BCUT2D eigenvalue weighted by Gasteiger charge is -2.27. The molecule has 1 aliphatic heterocycles. The number of hydrogen-bond acceptors (Lipinski definition) is 6. The summed E-state index contributed by atoms with van der Waals surface area (Å²) in [5, 5.41) is 8.95. The number of aromatic nitrogens is 7. The van der Waals surface area contributed by atoms with E-state index < -0.39 is 0 Å². The summed E-state index contributed by atoms with van der Waals surface area (Å²) in [6, 6.07) is 43.5. The van der Waals surface area contributed by atoms with Crippen LogP contribution in [0.1, 0.15) is 23.7 Å². The molecule has 0 spiro atoms. The van der Waals surface area contributed by atoms with Crippen molar-refractivity contribution in [3.63, 3.8) is 0 Å². The van der Waals surface area contributed by atoms with Crippen LogP contribution in [0.5, 0.6) is 0 Å². The Morgan fingerprint density at radius 2 is 1.10 bits per heavy atom. The van der Waals surface area contributed by atoms with Gasteiger partial charge in [-0.2, -0.15) is 0 Å². The highest BCUT2D eigenvalue weighted by atomic mass is 15.1. The monoisotopic (exact) mass is 740 g/mol. The molecule has 0 N–H and O–H groups in total. The van der Waals surface area contributed by atoms with Crippen LogP contribution in [0.15, 0.2) is 157 Å². The normalized spacial score (nSPS) is 15.0. The van der Waals surface area contributed by atoms with Crippen molar-refractivity contribution in [3.05, 3.63) is 164 Å². The minimum Gasteiger partial charge on any atom is -0.295 e. The molecule has 0 saturated carbocycles. The van der Waals surface area contributed by atoms with Gasteiger partial charge in [-0.3, -0.25) is 28.7 Å². The molecule has 8 heteroatoms. The number of hydrogen-bond donors (Lipinski definition) is 0. The van der Waals surface area contributed by atoms with Gasteiger partial charge in [-0.05, 0) is 101 Å². The van der Waals surface area contributed by atoms with E-state index in [4.69, 9.17) is 29.9 Å². The van der Waals surface area contributed by atoms with Crippen molar-refractivity contribution in [1.29, 1.82) is 0 Å². The minimum atomic E-state index is 0.0786. The van der Waals surface area contributed by atoms with E-state index in [1.165, 1.54) is 21.9 Å². The van der Waals surface area contributed by atoms with E-state index in [0.717, 1.165) is 112 Å². The molecule has 2 aliphatic rings. The second kappa shape index (κ2) is 10.9. The van der Waals surface area contributed by atoms with Crippen LogP contribution in [0.25, 0.3) is 110 Å². The standard InChI is InChI=1S/C50H28N8/c1-3-15-39-29(9-1)37-25-27(17-19-31(37)49-55-45-33-11-5-21-51-41(33)43-35(13-7-23-53-43)47(45)57(39)49)28-18-20-32-38(26-28)30-10-2-4-16-40(30)58-48-36-14-8-24-54-44(36)42-34(12-6-22-52-42)46(48)56-50(32)58/h1-13,15-26,36H,14H2. The first-order valence-corrected chi connectivity index (χ1v) is 19.6. The Bertz CT molecular complexity index is 3910. The second-order valence-corrected chi connectivity index (χ2v) is 15.4. The molecule has 268 valence electrons. The third-order valence-electron chi connectivity index (χ3n) is 12.5. The second-order valence-electron chi connectivity index (χ2n) is 15.4. The molecule has 5 aromatic carbocycles. The van der Waals surface area contributed by atoms with Crippen LogP contribution >= 0.6 is 0 Å². The van der Waals surface area contributed by atoms with Gasteiger partial charge in [0.25, 0.3) is 0 Å². The highest BCUT2D eigenvalue weighted by Gasteiger charge is 2.36. The summed E-state index contributed by atoms with van der Waals surface area (Å²) in [6.45, 7) is 0. The first-order chi connectivity index (χ1) is 28.8. The number of imidazole rings is 2. The fourth-order valence-corrected chi connectivity index (χ4v) is 10.1. The summed E-state index contributed by atoms with van der Waals surface area (Å²) < 4.78 is 4.72. The van der Waals surface area contributed by atoms with Gasteiger partial charge in [-0.25, -0.2) is 9.97 Å². The molecular formula is C50H28N8. The van der Waals surface area contributed by atoms with Gasteiger partial charge in [-0.15, -0.1) is 0 Å². The first-order valence-electron chi connectivity index (χ1n) is 19.6. The fraction of sp³-hybridized carbons (Fsp3) is 0.0400. The number of benzene rings is 5. The van der Waals surface area contributed by atoms with Gasteiger partial charge in [0.1, 0.15) is 11.3 Å². The molecule has 0 saturated heterocycles. The van der Waals surface area contributed by atoms with Crippen LogP contribution in [0.2, 0.25) is 0 Å². The fourth-order valence-electron chi connectivity index (χ4n) is 10.1. The van der Waals surface area contributed by atoms with Crippen LogP contribution in [-0.2, 0) is 0 Å². The van der Waals surface area contributed by atoms with Gasteiger partial charge in [0.2, 0.25) is 0 Å². The smallest absolute Gasteiger partial charge is 0.146 e. The molecule has 1 unspecified atom stereocenters. The third-order valence-corrected chi connectivity index (χ3v) is 12.5. The molecule has 58 heavy (non-hydrogen) atoms. The Balaban J connectivity index is 1.03.